The lowest BCUT2D eigenvalue weighted by atomic mass is 10.2. The highest BCUT2D eigenvalue weighted by molar-refractivity contribution is 5.69. The van der Waals surface area contributed by atoms with E-state index in [-0.39, 0.29) is 25.2 Å². The SMILES string of the molecule is C#CCCCCC(=O)OCCCOC(=O)CCCCC#C. The molecule has 116 valence electrons. The molecule has 0 atom stereocenters. The van der Waals surface area contributed by atoms with Crippen molar-refractivity contribution in [2.75, 3.05) is 13.2 Å². The van der Waals surface area contributed by atoms with E-state index in [4.69, 9.17) is 22.3 Å². The van der Waals surface area contributed by atoms with Crippen LogP contribution in [-0.2, 0) is 19.1 Å². The van der Waals surface area contributed by atoms with Gasteiger partial charge in [-0.05, 0) is 25.7 Å². The van der Waals surface area contributed by atoms with E-state index < -0.39 is 0 Å². The van der Waals surface area contributed by atoms with Gasteiger partial charge in [-0.3, -0.25) is 9.59 Å². The summed E-state index contributed by atoms with van der Waals surface area (Å²) >= 11 is 0. The smallest absolute Gasteiger partial charge is 0.305 e. The third-order valence-electron chi connectivity index (χ3n) is 2.72. The highest BCUT2D eigenvalue weighted by Crippen LogP contribution is 2.02. The van der Waals surface area contributed by atoms with Gasteiger partial charge in [-0.15, -0.1) is 24.7 Å². The lowest BCUT2D eigenvalue weighted by Gasteiger charge is -2.06. The molecule has 0 heterocycles. The molecule has 0 aliphatic carbocycles. The van der Waals surface area contributed by atoms with Crippen LogP contribution in [0.4, 0.5) is 0 Å². The second-order valence-electron chi connectivity index (χ2n) is 4.62. The van der Waals surface area contributed by atoms with Crippen molar-refractivity contribution in [3.8, 4) is 24.7 Å². The van der Waals surface area contributed by atoms with Gasteiger partial charge in [0, 0.05) is 32.1 Å². The topological polar surface area (TPSA) is 52.6 Å². The maximum absolute atomic E-state index is 11.3. The highest BCUT2D eigenvalue weighted by atomic mass is 16.5. The molecule has 0 aliphatic rings. The Morgan fingerprint density at radius 3 is 1.52 bits per heavy atom. The first-order chi connectivity index (χ1) is 10.2. The van der Waals surface area contributed by atoms with Crippen molar-refractivity contribution >= 4 is 11.9 Å². The Morgan fingerprint density at radius 1 is 0.714 bits per heavy atom. The minimum absolute atomic E-state index is 0.229. The van der Waals surface area contributed by atoms with Crippen LogP contribution in [0.1, 0.15) is 57.8 Å². The Bertz CT molecular complexity index is 337. The van der Waals surface area contributed by atoms with Crippen molar-refractivity contribution in [1.82, 2.24) is 0 Å². The van der Waals surface area contributed by atoms with Gasteiger partial charge in [0.15, 0.2) is 0 Å². The number of hydrogen-bond acceptors (Lipinski definition) is 4. The Balaban J connectivity index is 3.35. The van der Waals surface area contributed by atoms with Crippen LogP contribution in [0.15, 0.2) is 0 Å². The number of unbranched alkanes of at least 4 members (excludes halogenated alkanes) is 4. The van der Waals surface area contributed by atoms with Crippen molar-refractivity contribution in [3.63, 3.8) is 0 Å². The number of rotatable bonds is 12. The van der Waals surface area contributed by atoms with E-state index in [1.807, 2.05) is 0 Å². The predicted molar refractivity (Wildman–Crippen MR) is 81.1 cm³/mol. The fraction of sp³-hybridized carbons (Fsp3) is 0.647. The third kappa shape index (κ3) is 14.3. The van der Waals surface area contributed by atoms with Crippen LogP contribution < -0.4 is 0 Å². The van der Waals surface area contributed by atoms with Crippen molar-refractivity contribution < 1.29 is 19.1 Å². The molecule has 0 aliphatic heterocycles. The molecular formula is C17H24O4. The van der Waals surface area contributed by atoms with Gasteiger partial charge in [-0.25, -0.2) is 0 Å². The molecule has 4 heteroatoms. The molecule has 0 bridgehead atoms. The fourth-order valence-electron chi connectivity index (χ4n) is 1.57. The van der Waals surface area contributed by atoms with Crippen molar-refractivity contribution in [3.05, 3.63) is 0 Å². The van der Waals surface area contributed by atoms with Gasteiger partial charge in [0.25, 0.3) is 0 Å². The van der Waals surface area contributed by atoms with Crippen LogP contribution in [0, 0.1) is 24.7 Å². The minimum atomic E-state index is -0.229. The Morgan fingerprint density at radius 2 is 1.14 bits per heavy atom. The summed E-state index contributed by atoms with van der Waals surface area (Å²) in [6.45, 7) is 0.552. The van der Waals surface area contributed by atoms with Gasteiger partial charge in [0.2, 0.25) is 0 Å². The van der Waals surface area contributed by atoms with E-state index in [9.17, 15) is 9.59 Å². The minimum Gasteiger partial charge on any atom is -0.466 e. The molecule has 21 heavy (non-hydrogen) atoms. The first kappa shape index (κ1) is 19.1. The van der Waals surface area contributed by atoms with Gasteiger partial charge in [0.05, 0.1) is 13.2 Å². The molecule has 4 nitrogen and oxygen atoms in total. The van der Waals surface area contributed by atoms with Crippen LogP contribution in [-0.4, -0.2) is 25.2 Å². The summed E-state index contributed by atoms with van der Waals surface area (Å²) in [5, 5.41) is 0. The highest BCUT2D eigenvalue weighted by Gasteiger charge is 2.04. The van der Waals surface area contributed by atoms with Crippen LogP contribution in [0.5, 0.6) is 0 Å². The zero-order valence-electron chi connectivity index (χ0n) is 12.6. The summed E-state index contributed by atoms with van der Waals surface area (Å²) in [5.74, 6) is 4.59. The zero-order valence-corrected chi connectivity index (χ0v) is 12.6. The van der Waals surface area contributed by atoms with E-state index in [1.165, 1.54) is 0 Å². The Hall–Kier alpha value is -1.94. The lowest BCUT2D eigenvalue weighted by Crippen LogP contribution is -2.10. The molecule has 0 amide bonds. The van der Waals surface area contributed by atoms with E-state index in [0.29, 0.717) is 32.1 Å². The molecule has 0 aromatic heterocycles. The average molecular weight is 292 g/mol. The fourth-order valence-corrected chi connectivity index (χ4v) is 1.57. The molecule has 0 unspecified atom stereocenters. The summed E-state index contributed by atoms with van der Waals surface area (Å²) in [4.78, 5) is 22.6. The van der Waals surface area contributed by atoms with Crippen LogP contribution in [0.2, 0.25) is 0 Å². The van der Waals surface area contributed by atoms with E-state index >= 15 is 0 Å². The normalized spacial score (nSPS) is 9.43. The summed E-state index contributed by atoms with van der Waals surface area (Å²) in [7, 11) is 0. The quantitative estimate of drug-likeness (QED) is 0.315. The zero-order chi connectivity index (χ0) is 15.8. The molecule has 0 saturated carbocycles. The number of ether oxygens (including phenoxy) is 2. The Labute approximate surface area is 127 Å². The first-order valence-electron chi connectivity index (χ1n) is 7.39. The number of terminal acetylenes is 2. The summed E-state index contributed by atoms with van der Waals surface area (Å²) < 4.78 is 10.0. The molecule has 0 N–H and O–H groups in total. The maximum Gasteiger partial charge on any atom is 0.305 e. The van der Waals surface area contributed by atoms with Crippen molar-refractivity contribution in [2.45, 2.75) is 57.8 Å². The number of carbonyl (C=O) groups excluding carboxylic acids is 2. The largest absolute Gasteiger partial charge is 0.466 e. The van der Waals surface area contributed by atoms with Crippen molar-refractivity contribution in [2.24, 2.45) is 0 Å². The van der Waals surface area contributed by atoms with E-state index in [1.54, 1.807) is 0 Å². The molecule has 0 rings (SSSR count). The van der Waals surface area contributed by atoms with E-state index in [0.717, 1.165) is 25.7 Å². The number of esters is 2. The Kier molecular flexibility index (Phi) is 13.1. The second kappa shape index (κ2) is 14.5. The van der Waals surface area contributed by atoms with Gasteiger partial charge in [-0.1, -0.05) is 0 Å². The molecule has 0 radical (unpaired) electrons. The van der Waals surface area contributed by atoms with Crippen molar-refractivity contribution in [1.29, 1.82) is 0 Å². The molecule has 0 aromatic carbocycles. The molecule has 0 fully saturated rings. The molecule has 0 saturated heterocycles. The lowest BCUT2D eigenvalue weighted by molar-refractivity contribution is -0.146. The summed E-state index contributed by atoms with van der Waals surface area (Å²) in [6.07, 6.45) is 16.1. The van der Waals surface area contributed by atoms with Crippen LogP contribution in [0.25, 0.3) is 0 Å². The van der Waals surface area contributed by atoms with Crippen LogP contribution in [0.3, 0.4) is 0 Å². The predicted octanol–water partition coefficient (Wildman–Crippen LogP) is 2.85. The third-order valence-corrected chi connectivity index (χ3v) is 2.72. The molecule has 0 aromatic rings. The average Bonchev–Trinajstić information content (AvgIpc) is 2.48. The van der Waals surface area contributed by atoms with Crippen LogP contribution >= 0.6 is 0 Å². The van der Waals surface area contributed by atoms with Gasteiger partial charge in [-0.2, -0.15) is 0 Å². The van der Waals surface area contributed by atoms with E-state index in [2.05, 4.69) is 11.8 Å². The monoisotopic (exact) mass is 292 g/mol. The first-order valence-corrected chi connectivity index (χ1v) is 7.39. The number of carbonyl (C=O) groups is 2. The number of hydrogen-bond donors (Lipinski definition) is 0. The van der Waals surface area contributed by atoms with Gasteiger partial charge in [0.1, 0.15) is 0 Å². The van der Waals surface area contributed by atoms with Gasteiger partial charge >= 0.3 is 11.9 Å². The van der Waals surface area contributed by atoms with Gasteiger partial charge < -0.3 is 9.47 Å². The molecule has 0 spiro atoms. The standard InChI is InChI=1S/C17H24O4/c1-3-5-7-9-12-16(18)20-14-11-15-21-17(19)13-10-8-6-4-2/h1-2H,5-15H2. The maximum atomic E-state index is 11.3. The summed E-state index contributed by atoms with van der Waals surface area (Å²) in [6, 6.07) is 0. The molecular weight excluding hydrogens is 268 g/mol. The summed E-state index contributed by atoms with van der Waals surface area (Å²) in [5.41, 5.74) is 0. The second-order valence-corrected chi connectivity index (χ2v) is 4.62.